The minimum atomic E-state index is -3.61. The van der Waals surface area contributed by atoms with E-state index in [9.17, 15) is 16.8 Å². The van der Waals surface area contributed by atoms with Crippen molar-refractivity contribution in [2.24, 2.45) is 5.92 Å². The van der Waals surface area contributed by atoms with Crippen molar-refractivity contribution in [3.8, 4) is 0 Å². The molecule has 3 aromatic rings. The molecule has 12 heteroatoms. The van der Waals surface area contributed by atoms with E-state index in [2.05, 4.69) is 30.0 Å². The predicted octanol–water partition coefficient (Wildman–Crippen LogP) is 3.85. The summed E-state index contributed by atoms with van der Waals surface area (Å²) in [6.07, 6.45) is 5.28. The van der Waals surface area contributed by atoms with Crippen molar-refractivity contribution in [3.63, 3.8) is 0 Å². The zero-order valence-electron chi connectivity index (χ0n) is 21.4. The summed E-state index contributed by atoms with van der Waals surface area (Å²) in [6.45, 7) is 4.37. The summed E-state index contributed by atoms with van der Waals surface area (Å²) in [6, 6.07) is 12.6. The van der Waals surface area contributed by atoms with E-state index >= 15 is 0 Å². The van der Waals surface area contributed by atoms with Crippen LogP contribution in [-0.4, -0.2) is 38.6 Å². The second-order valence-corrected chi connectivity index (χ2v) is 13.8. The number of hydrogen-bond acceptors (Lipinski definition) is 8. The maximum absolute atomic E-state index is 12.8. The molecule has 4 N–H and O–H groups in total. The maximum atomic E-state index is 12.8. The molecule has 2 aliphatic carbocycles. The van der Waals surface area contributed by atoms with Gasteiger partial charge in [-0.1, -0.05) is 18.2 Å². The first kappa shape index (κ1) is 26.5. The summed E-state index contributed by atoms with van der Waals surface area (Å²) < 4.78 is 55.1. The third-order valence-corrected chi connectivity index (χ3v) is 10.1. The second kappa shape index (κ2) is 10.6. The Hall–Kier alpha value is -3.06. The Labute approximate surface area is 223 Å². The number of nitrogens with one attached hydrogen (secondary N) is 4. The Balaban J connectivity index is 1.25. The molecule has 5 rings (SSSR count). The van der Waals surface area contributed by atoms with Crippen molar-refractivity contribution >= 4 is 43.2 Å². The van der Waals surface area contributed by atoms with E-state index in [0.29, 0.717) is 35.5 Å². The third kappa shape index (κ3) is 6.68. The van der Waals surface area contributed by atoms with Crippen molar-refractivity contribution in [1.29, 1.82) is 0 Å². The summed E-state index contributed by atoms with van der Waals surface area (Å²) in [4.78, 5) is 9.15. The topological polar surface area (TPSA) is 142 Å². The van der Waals surface area contributed by atoms with Crippen LogP contribution < -0.4 is 20.1 Å². The second-order valence-electron chi connectivity index (χ2n) is 10.0. The monoisotopic (exact) mass is 556 g/mol. The SMILES string of the molecule is Cc1ccc(Nc2ncc(C)c(Nc3ccc(CNS(=O)(=O)C4CC4)cc3)n2)cc1S(=O)(=O)NCC1CC1. The van der Waals surface area contributed by atoms with Gasteiger partial charge in [-0.3, -0.25) is 0 Å². The molecule has 202 valence electrons. The van der Waals surface area contributed by atoms with Gasteiger partial charge in [0.15, 0.2) is 0 Å². The number of nitrogens with zero attached hydrogens (tertiary/aromatic N) is 2. The van der Waals surface area contributed by atoms with Gasteiger partial charge in [-0.2, -0.15) is 4.98 Å². The summed E-state index contributed by atoms with van der Waals surface area (Å²) >= 11 is 0. The highest BCUT2D eigenvalue weighted by Gasteiger charge is 2.35. The van der Waals surface area contributed by atoms with Crippen molar-refractivity contribution in [2.75, 3.05) is 17.2 Å². The quantitative estimate of drug-likeness (QED) is 0.264. The number of aryl methyl sites for hydroxylation is 2. The number of aromatic nitrogens is 2. The number of rotatable bonds is 12. The third-order valence-electron chi connectivity index (χ3n) is 6.62. The lowest BCUT2D eigenvalue weighted by Crippen LogP contribution is -2.26. The molecule has 2 aliphatic rings. The molecule has 0 atom stereocenters. The lowest BCUT2D eigenvalue weighted by Gasteiger charge is -2.13. The Kier molecular flexibility index (Phi) is 7.40. The van der Waals surface area contributed by atoms with Crippen LogP contribution >= 0.6 is 0 Å². The van der Waals surface area contributed by atoms with E-state index in [0.717, 1.165) is 42.5 Å². The number of hydrogen-bond donors (Lipinski definition) is 4. The van der Waals surface area contributed by atoms with Gasteiger partial charge in [0.25, 0.3) is 0 Å². The minimum Gasteiger partial charge on any atom is -0.340 e. The maximum Gasteiger partial charge on any atom is 0.240 e. The van der Waals surface area contributed by atoms with E-state index in [1.165, 1.54) is 0 Å². The first-order chi connectivity index (χ1) is 18.1. The molecule has 2 aromatic carbocycles. The van der Waals surface area contributed by atoms with E-state index in [1.54, 1.807) is 31.3 Å². The summed E-state index contributed by atoms with van der Waals surface area (Å²) in [5.74, 6) is 1.35. The van der Waals surface area contributed by atoms with Crippen LogP contribution in [0.15, 0.2) is 53.6 Å². The standard InChI is InChI=1S/C26H32N6O4S2/c1-17-3-8-22(13-24(17)38(35,36)29-16-19-4-5-19)31-26-27-14-18(2)25(32-26)30-21-9-6-20(7-10-21)15-28-37(33,34)23-11-12-23/h3,6-10,13-14,19,23,28-29H,4-5,11-12,15-16H2,1-2H3,(H2,27,30,31,32). The average molecular weight is 557 g/mol. The van der Waals surface area contributed by atoms with E-state index < -0.39 is 20.0 Å². The Morgan fingerprint density at radius 2 is 1.55 bits per heavy atom. The van der Waals surface area contributed by atoms with Crippen LogP contribution in [0.1, 0.15) is 42.4 Å². The molecule has 1 heterocycles. The predicted molar refractivity (Wildman–Crippen MR) is 148 cm³/mol. The van der Waals surface area contributed by atoms with E-state index in [1.807, 2.05) is 31.2 Å². The Bertz CT molecular complexity index is 1530. The first-order valence-electron chi connectivity index (χ1n) is 12.6. The fraction of sp³-hybridized carbons (Fsp3) is 0.385. The van der Waals surface area contributed by atoms with Crippen molar-refractivity contribution in [1.82, 2.24) is 19.4 Å². The highest BCUT2D eigenvalue weighted by Crippen LogP contribution is 2.29. The van der Waals surface area contributed by atoms with Gasteiger partial charge in [0.1, 0.15) is 5.82 Å². The van der Waals surface area contributed by atoms with Crippen LogP contribution in [0.25, 0.3) is 0 Å². The van der Waals surface area contributed by atoms with Gasteiger partial charge in [-0.15, -0.1) is 0 Å². The zero-order chi connectivity index (χ0) is 26.9. The molecule has 0 amide bonds. The molecule has 0 unspecified atom stereocenters. The Morgan fingerprint density at radius 3 is 2.24 bits per heavy atom. The minimum absolute atomic E-state index is 0.230. The molecule has 0 saturated heterocycles. The van der Waals surface area contributed by atoms with Crippen LogP contribution in [0.2, 0.25) is 0 Å². The number of sulfonamides is 2. The van der Waals surface area contributed by atoms with Gasteiger partial charge in [-0.05, 0) is 80.8 Å². The molecular formula is C26H32N6O4S2. The zero-order valence-corrected chi connectivity index (χ0v) is 23.0. The van der Waals surface area contributed by atoms with E-state index in [-0.39, 0.29) is 16.7 Å². The van der Waals surface area contributed by atoms with Crippen molar-refractivity contribution < 1.29 is 16.8 Å². The molecule has 0 bridgehead atoms. The van der Waals surface area contributed by atoms with Crippen LogP contribution in [0.4, 0.5) is 23.1 Å². The van der Waals surface area contributed by atoms with Crippen molar-refractivity contribution in [3.05, 3.63) is 65.4 Å². The average Bonchev–Trinajstić information content (AvgIpc) is 3.79. The van der Waals surface area contributed by atoms with Gasteiger partial charge in [0.2, 0.25) is 26.0 Å². The van der Waals surface area contributed by atoms with Crippen LogP contribution in [0, 0.1) is 19.8 Å². The Morgan fingerprint density at radius 1 is 0.842 bits per heavy atom. The molecular weight excluding hydrogens is 524 g/mol. The highest BCUT2D eigenvalue weighted by atomic mass is 32.2. The van der Waals surface area contributed by atoms with Gasteiger partial charge in [0, 0.05) is 36.2 Å². The first-order valence-corrected chi connectivity index (χ1v) is 15.7. The van der Waals surface area contributed by atoms with Crippen molar-refractivity contribution in [2.45, 2.75) is 56.2 Å². The largest absolute Gasteiger partial charge is 0.340 e. The molecule has 2 saturated carbocycles. The van der Waals surface area contributed by atoms with Crippen LogP contribution in [0.3, 0.4) is 0 Å². The van der Waals surface area contributed by atoms with E-state index in [4.69, 9.17) is 0 Å². The summed E-state index contributed by atoms with van der Waals surface area (Å²) in [5.41, 5.74) is 3.70. The molecule has 0 aliphatic heterocycles. The summed E-state index contributed by atoms with van der Waals surface area (Å²) in [5, 5.41) is 6.13. The number of benzene rings is 2. The normalized spacial score (nSPS) is 15.8. The smallest absolute Gasteiger partial charge is 0.240 e. The van der Waals surface area contributed by atoms with Gasteiger partial charge < -0.3 is 10.6 Å². The molecule has 38 heavy (non-hydrogen) atoms. The van der Waals surface area contributed by atoms with Gasteiger partial charge in [-0.25, -0.2) is 31.3 Å². The fourth-order valence-electron chi connectivity index (χ4n) is 3.88. The summed E-state index contributed by atoms with van der Waals surface area (Å²) in [7, 11) is -6.84. The molecule has 0 spiro atoms. The van der Waals surface area contributed by atoms with Gasteiger partial charge in [0.05, 0.1) is 10.1 Å². The lowest BCUT2D eigenvalue weighted by molar-refractivity contribution is 0.576. The lowest BCUT2D eigenvalue weighted by atomic mass is 10.2. The molecule has 1 aromatic heterocycles. The molecule has 10 nitrogen and oxygen atoms in total. The van der Waals surface area contributed by atoms with Crippen LogP contribution in [-0.2, 0) is 26.6 Å². The highest BCUT2D eigenvalue weighted by molar-refractivity contribution is 7.90. The van der Waals surface area contributed by atoms with Crippen LogP contribution in [0.5, 0.6) is 0 Å². The van der Waals surface area contributed by atoms with Gasteiger partial charge >= 0.3 is 0 Å². The molecule has 0 radical (unpaired) electrons. The molecule has 2 fully saturated rings. The fourth-order valence-corrected chi connectivity index (χ4v) is 6.62. The number of anilines is 4.